The van der Waals surface area contributed by atoms with E-state index in [0.717, 1.165) is 11.6 Å². The molecule has 1 rings (SSSR count). The minimum Gasteiger partial charge on any atom is -0.467 e. The highest BCUT2D eigenvalue weighted by molar-refractivity contribution is 5.89. The fourth-order valence-corrected chi connectivity index (χ4v) is 2.11. The molecule has 7 nitrogen and oxygen atoms in total. The highest BCUT2D eigenvalue weighted by Gasteiger charge is 2.26. The Hall–Kier alpha value is -2.47. The van der Waals surface area contributed by atoms with Gasteiger partial charge in [-0.25, -0.2) is 9.59 Å². The standard InChI is InChI=1S/C18H24N2O5/c1-13(2)11-16(18(23)24-3)19-17(22)15(9-10-21)20-25-12-14-7-5-4-6-8-14/h4-9,13,15-16,20H,11-12H2,1-3H3,(H,19,22)/t15-,16+/m1/s1. The fourth-order valence-electron chi connectivity index (χ4n) is 2.11. The molecule has 2 atom stereocenters. The van der Waals surface area contributed by atoms with E-state index in [1.54, 1.807) is 5.94 Å². The molecule has 1 aromatic carbocycles. The van der Waals surface area contributed by atoms with Crippen LogP contribution in [0.5, 0.6) is 0 Å². The summed E-state index contributed by atoms with van der Waals surface area (Å²) in [5.41, 5.74) is 3.40. The van der Waals surface area contributed by atoms with E-state index in [1.165, 1.54) is 7.11 Å². The molecular formula is C18H24N2O5. The minimum absolute atomic E-state index is 0.173. The Morgan fingerprint density at radius 3 is 2.48 bits per heavy atom. The largest absolute Gasteiger partial charge is 0.467 e. The van der Waals surface area contributed by atoms with Gasteiger partial charge in [-0.2, -0.15) is 5.48 Å². The summed E-state index contributed by atoms with van der Waals surface area (Å²) in [6, 6.07) is 7.47. The number of benzene rings is 1. The number of esters is 1. The number of ether oxygens (including phenoxy) is 1. The van der Waals surface area contributed by atoms with Crippen LogP contribution in [0.25, 0.3) is 0 Å². The highest BCUT2D eigenvalue weighted by atomic mass is 16.6. The summed E-state index contributed by atoms with van der Waals surface area (Å²) in [6.45, 7) is 4.06. The Morgan fingerprint density at radius 1 is 1.24 bits per heavy atom. The van der Waals surface area contributed by atoms with Gasteiger partial charge in [0.25, 0.3) is 0 Å². The van der Waals surface area contributed by atoms with E-state index in [-0.39, 0.29) is 12.5 Å². The molecule has 25 heavy (non-hydrogen) atoms. The van der Waals surface area contributed by atoms with E-state index in [1.807, 2.05) is 44.2 Å². The molecule has 0 spiro atoms. The maximum atomic E-state index is 12.3. The second-order valence-electron chi connectivity index (χ2n) is 5.87. The molecule has 0 aliphatic carbocycles. The zero-order valence-corrected chi connectivity index (χ0v) is 14.7. The lowest BCUT2D eigenvalue weighted by atomic mass is 10.0. The van der Waals surface area contributed by atoms with Crippen LogP contribution in [0.2, 0.25) is 0 Å². The van der Waals surface area contributed by atoms with Gasteiger partial charge in [0.15, 0.2) is 0 Å². The van der Waals surface area contributed by atoms with Crippen LogP contribution in [0.15, 0.2) is 36.4 Å². The first-order valence-electron chi connectivity index (χ1n) is 7.98. The number of methoxy groups -OCH3 is 1. The van der Waals surface area contributed by atoms with Crippen molar-refractivity contribution in [1.29, 1.82) is 0 Å². The molecule has 0 aliphatic rings. The summed E-state index contributed by atoms with van der Waals surface area (Å²) in [4.78, 5) is 40.0. The van der Waals surface area contributed by atoms with Crippen molar-refractivity contribution in [2.75, 3.05) is 7.11 Å². The summed E-state index contributed by atoms with van der Waals surface area (Å²) in [5.74, 6) is 0.616. The molecule has 136 valence electrons. The Balaban J connectivity index is 2.64. The monoisotopic (exact) mass is 348 g/mol. The van der Waals surface area contributed by atoms with Gasteiger partial charge in [-0.1, -0.05) is 44.2 Å². The van der Waals surface area contributed by atoms with E-state index in [4.69, 9.17) is 9.57 Å². The predicted molar refractivity (Wildman–Crippen MR) is 91.8 cm³/mol. The molecule has 0 saturated carbocycles. The lowest BCUT2D eigenvalue weighted by Crippen LogP contribution is -2.50. The Kier molecular flexibility index (Phi) is 9.17. The molecule has 0 aromatic heterocycles. The van der Waals surface area contributed by atoms with Gasteiger partial charge in [0, 0.05) is 6.08 Å². The molecule has 0 aliphatic heterocycles. The van der Waals surface area contributed by atoms with Gasteiger partial charge in [-0.15, -0.1) is 0 Å². The van der Waals surface area contributed by atoms with Crippen LogP contribution in [0.4, 0.5) is 0 Å². The molecule has 0 fully saturated rings. The van der Waals surface area contributed by atoms with Gasteiger partial charge in [-0.3, -0.25) is 9.63 Å². The molecule has 0 bridgehead atoms. The van der Waals surface area contributed by atoms with E-state index in [9.17, 15) is 14.4 Å². The summed E-state index contributed by atoms with van der Waals surface area (Å²) < 4.78 is 4.70. The van der Waals surface area contributed by atoms with Crippen LogP contribution in [0.3, 0.4) is 0 Å². The van der Waals surface area contributed by atoms with Crippen LogP contribution in [-0.2, 0) is 30.6 Å². The number of carbonyl (C=O) groups excluding carboxylic acids is 3. The van der Waals surface area contributed by atoms with Crippen molar-refractivity contribution >= 4 is 17.8 Å². The number of hydroxylamine groups is 1. The highest BCUT2D eigenvalue weighted by Crippen LogP contribution is 2.07. The lowest BCUT2D eigenvalue weighted by Gasteiger charge is -2.21. The molecule has 2 N–H and O–H groups in total. The average Bonchev–Trinajstić information content (AvgIpc) is 2.60. The van der Waals surface area contributed by atoms with Crippen molar-refractivity contribution < 1.29 is 24.0 Å². The average molecular weight is 348 g/mol. The van der Waals surface area contributed by atoms with Crippen molar-refractivity contribution in [2.45, 2.75) is 39.0 Å². The number of nitrogens with one attached hydrogen (secondary N) is 2. The summed E-state index contributed by atoms with van der Waals surface area (Å²) >= 11 is 0. The Labute approximate surface area is 147 Å². The SMILES string of the molecule is COC(=O)[C@H](CC(C)C)NC(=O)[C@@H](C=C=O)NOCc1ccccc1. The Morgan fingerprint density at radius 2 is 1.92 bits per heavy atom. The van der Waals surface area contributed by atoms with E-state index in [0.29, 0.717) is 6.42 Å². The zero-order valence-electron chi connectivity index (χ0n) is 14.7. The van der Waals surface area contributed by atoms with Crippen LogP contribution < -0.4 is 10.8 Å². The Bertz CT molecular complexity index is 597. The normalized spacial score (nSPS) is 12.8. The maximum Gasteiger partial charge on any atom is 0.328 e. The molecular weight excluding hydrogens is 324 g/mol. The first-order chi connectivity index (χ1) is 12.0. The first-order valence-corrected chi connectivity index (χ1v) is 7.98. The summed E-state index contributed by atoms with van der Waals surface area (Å²) in [5, 5.41) is 2.57. The molecule has 0 radical (unpaired) electrons. The number of hydrogen-bond acceptors (Lipinski definition) is 6. The van der Waals surface area contributed by atoms with E-state index in [2.05, 4.69) is 10.8 Å². The van der Waals surface area contributed by atoms with Gasteiger partial charge >= 0.3 is 5.97 Å². The second kappa shape index (κ2) is 11.1. The molecule has 7 heteroatoms. The lowest BCUT2D eigenvalue weighted by molar-refractivity contribution is -0.146. The van der Waals surface area contributed by atoms with Gasteiger partial charge in [0.2, 0.25) is 5.91 Å². The van der Waals surface area contributed by atoms with Gasteiger partial charge in [-0.05, 0) is 17.9 Å². The van der Waals surface area contributed by atoms with Gasteiger partial charge in [0.05, 0.1) is 13.7 Å². The quantitative estimate of drug-likeness (QED) is 0.374. The zero-order chi connectivity index (χ0) is 18.7. The van der Waals surface area contributed by atoms with Crippen molar-refractivity contribution in [3.63, 3.8) is 0 Å². The minimum atomic E-state index is -1.07. The smallest absolute Gasteiger partial charge is 0.328 e. The first kappa shape index (κ1) is 20.6. The topological polar surface area (TPSA) is 93.7 Å². The maximum absolute atomic E-state index is 12.3. The molecule has 1 aromatic rings. The van der Waals surface area contributed by atoms with Crippen LogP contribution in [0.1, 0.15) is 25.8 Å². The van der Waals surface area contributed by atoms with Gasteiger partial charge in [0.1, 0.15) is 18.0 Å². The molecule has 0 unspecified atom stereocenters. The van der Waals surface area contributed by atoms with Crippen molar-refractivity contribution in [1.82, 2.24) is 10.8 Å². The number of hydrogen-bond donors (Lipinski definition) is 2. The number of rotatable bonds is 10. The number of amides is 1. The summed E-state index contributed by atoms with van der Waals surface area (Å²) in [6.07, 6.45) is 1.41. The molecule has 0 saturated heterocycles. The van der Waals surface area contributed by atoms with Crippen LogP contribution in [0, 0.1) is 5.92 Å². The van der Waals surface area contributed by atoms with Crippen LogP contribution >= 0.6 is 0 Å². The fraction of sp³-hybridized carbons (Fsp3) is 0.444. The third-order valence-electron chi connectivity index (χ3n) is 3.32. The van der Waals surface area contributed by atoms with Gasteiger partial charge < -0.3 is 10.1 Å². The van der Waals surface area contributed by atoms with Crippen molar-refractivity contribution in [3.8, 4) is 0 Å². The van der Waals surface area contributed by atoms with Crippen molar-refractivity contribution in [2.24, 2.45) is 5.92 Å². The number of carbonyl (C=O) groups is 2. The van der Waals surface area contributed by atoms with E-state index >= 15 is 0 Å². The predicted octanol–water partition coefficient (Wildman–Crippen LogP) is 1.17. The third kappa shape index (κ3) is 7.76. The van der Waals surface area contributed by atoms with Crippen molar-refractivity contribution in [3.05, 3.63) is 42.0 Å². The molecule has 1 amide bonds. The molecule has 0 heterocycles. The van der Waals surface area contributed by atoms with E-state index < -0.39 is 24.0 Å². The summed E-state index contributed by atoms with van der Waals surface area (Å²) in [7, 11) is 1.26. The second-order valence-corrected chi connectivity index (χ2v) is 5.87. The van der Waals surface area contributed by atoms with Crippen LogP contribution in [-0.4, -0.2) is 37.0 Å². The third-order valence-corrected chi connectivity index (χ3v) is 3.32.